The second-order valence-electron chi connectivity index (χ2n) is 6.77. The first-order valence-electron chi connectivity index (χ1n) is 7.39. The van der Waals surface area contributed by atoms with Crippen LogP contribution in [0.5, 0.6) is 0 Å². The summed E-state index contributed by atoms with van der Waals surface area (Å²) in [6.45, 7) is 0.392. The number of hydrogen-bond donors (Lipinski definition) is 3. The van der Waals surface area contributed by atoms with Gasteiger partial charge in [0.1, 0.15) is 0 Å². The molecule has 0 radical (unpaired) electrons. The largest absolute Gasteiger partial charge is 0.355 e. The molecular weight excluding hydrogens is 242 g/mol. The van der Waals surface area contributed by atoms with Gasteiger partial charge in [-0.15, -0.1) is 0 Å². The quantitative estimate of drug-likeness (QED) is 0.397. The smallest absolute Gasteiger partial charge is 0.235 e. The molecule has 0 aromatic rings. The molecule has 5 nitrogen and oxygen atoms in total. The Morgan fingerprint density at radius 1 is 1.05 bits per heavy atom. The van der Waals surface area contributed by atoms with Crippen molar-refractivity contribution >= 4 is 11.8 Å². The Morgan fingerprint density at radius 3 is 2.05 bits per heavy atom. The lowest BCUT2D eigenvalue weighted by Crippen LogP contribution is -2.53. The molecule has 0 aromatic heterocycles. The van der Waals surface area contributed by atoms with E-state index >= 15 is 0 Å². The van der Waals surface area contributed by atoms with Gasteiger partial charge in [-0.25, -0.2) is 5.84 Å². The topological polar surface area (TPSA) is 84.2 Å². The molecule has 2 amide bonds. The van der Waals surface area contributed by atoms with Crippen molar-refractivity contribution in [3.63, 3.8) is 0 Å². The standard InChI is InChI=1S/C14H23N3O2/c15-17-12(18)1-2-16-13(19)14-6-9-3-10(7-14)5-11(4-9)8-14/h9-11H,1-8,15H2,(H,16,19)(H,17,18). The molecule has 0 heterocycles. The SMILES string of the molecule is NNC(=O)CCNC(=O)C12CC3CC(CC(C3)C1)C2. The highest BCUT2D eigenvalue weighted by molar-refractivity contribution is 5.84. The summed E-state index contributed by atoms with van der Waals surface area (Å²) in [6.07, 6.45) is 7.46. The molecule has 4 rings (SSSR count). The van der Waals surface area contributed by atoms with Crippen molar-refractivity contribution in [2.45, 2.75) is 44.9 Å². The fourth-order valence-corrected chi connectivity index (χ4v) is 4.94. The lowest BCUT2D eigenvalue weighted by Gasteiger charge is -2.55. The van der Waals surface area contributed by atoms with E-state index in [1.54, 1.807) is 0 Å². The third kappa shape index (κ3) is 2.36. The molecule has 19 heavy (non-hydrogen) atoms. The fraction of sp³-hybridized carbons (Fsp3) is 0.857. The summed E-state index contributed by atoms with van der Waals surface area (Å²) < 4.78 is 0. The van der Waals surface area contributed by atoms with Crippen LogP contribution in [-0.4, -0.2) is 18.4 Å². The van der Waals surface area contributed by atoms with Gasteiger partial charge in [-0.2, -0.15) is 0 Å². The molecule has 0 unspecified atom stereocenters. The fourth-order valence-electron chi connectivity index (χ4n) is 4.94. The lowest BCUT2D eigenvalue weighted by atomic mass is 9.49. The molecule has 5 heteroatoms. The molecule has 4 aliphatic rings. The van der Waals surface area contributed by atoms with E-state index in [-0.39, 0.29) is 23.7 Å². The zero-order valence-electron chi connectivity index (χ0n) is 11.3. The Balaban J connectivity index is 1.59. The minimum Gasteiger partial charge on any atom is -0.355 e. The first kappa shape index (κ1) is 12.9. The number of rotatable bonds is 4. The van der Waals surface area contributed by atoms with Crippen molar-refractivity contribution in [3.05, 3.63) is 0 Å². The summed E-state index contributed by atoms with van der Waals surface area (Å²) >= 11 is 0. The average Bonchev–Trinajstić information content (AvgIpc) is 2.36. The van der Waals surface area contributed by atoms with E-state index in [0.29, 0.717) is 6.54 Å². The van der Waals surface area contributed by atoms with Crippen LogP contribution in [0.25, 0.3) is 0 Å². The summed E-state index contributed by atoms with van der Waals surface area (Å²) in [7, 11) is 0. The summed E-state index contributed by atoms with van der Waals surface area (Å²) in [5.41, 5.74) is 1.97. The van der Waals surface area contributed by atoms with Crippen LogP contribution in [0.15, 0.2) is 0 Å². The van der Waals surface area contributed by atoms with Crippen molar-refractivity contribution in [2.75, 3.05) is 6.54 Å². The van der Waals surface area contributed by atoms with Gasteiger partial charge in [-0.1, -0.05) is 0 Å². The number of amides is 2. The maximum Gasteiger partial charge on any atom is 0.235 e. The second kappa shape index (κ2) is 4.78. The summed E-state index contributed by atoms with van der Waals surface area (Å²) in [5, 5.41) is 2.95. The number of carbonyl (C=O) groups excluding carboxylic acids is 2. The van der Waals surface area contributed by atoms with Gasteiger partial charge in [0.2, 0.25) is 11.8 Å². The molecule has 0 spiro atoms. The molecule has 0 saturated heterocycles. The van der Waals surface area contributed by atoms with Crippen molar-refractivity contribution < 1.29 is 9.59 Å². The van der Waals surface area contributed by atoms with Gasteiger partial charge < -0.3 is 5.32 Å². The van der Waals surface area contributed by atoms with Crippen LogP contribution in [-0.2, 0) is 9.59 Å². The Hall–Kier alpha value is -1.10. The van der Waals surface area contributed by atoms with Crippen LogP contribution in [0.2, 0.25) is 0 Å². The Bertz CT molecular complexity index is 359. The van der Waals surface area contributed by atoms with Gasteiger partial charge >= 0.3 is 0 Å². The summed E-state index contributed by atoms with van der Waals surface area (Å²) in [5.74, 6) is 7.27. The van der Waals surface area contributed by atoms with Gasteiger partial charge in [0.05, 0.1) is 0 Å². The number of hydrogen-bond acceptors (Lipinski definition) is 3. The van der Waals surface area contributed by atoms with Crippen LogP contribution < -0.4 is 16.6 Å². The van der Waals surface area contributed by atoms with Gasteiger partial charge in [0.15, 0.2) is 0 Å². The van der Waals surface area contributed by atoms with E-state index in [1.807, 2.05) is 0 Å². The average molecular weight is 265 g/mol. The molecule has 0 aromatic carbocycles. The molecule has 106 valence electrons. The predicted molar refractivity (Wildman–Crippen MR) is 70.6 cm³/mol. The van der Waals surface area contributed by atoms with Crippen LogP contribution in [0.4, 0.5) is 0 Å². The third-order valence-electron chi connectivity index (χ3n) is 5.32. The van der Waals surface area contributed by atoms with Gasteiger partial charge in [0, 0.05) is 18.4 Å². The van der Waals surface area contributed by atoms with Crippen LogP contribution in [0.1, 0.15) is 44.9 Å². The second-order valence-corrected chi connectivity index (χ2v) is 6.77. The van der Waals surface area contributed by atoms with Crippen LogP contribution in [0.3, 0.4) is 0 Å². The zero-order valence-corrected chi connectivity index (χ0v) is 11.3. The molecule has 0 atom stereocenters. The summed E-state index contributed by atoms with van der Waals surface area (Å²) in [6, 6.07) is 0. The molecule has 4 fully saturated rings. The molecular formula is C14H23N3O2. The third-order valence-corrected chi connectivity index (χ3v) is 5.32. The van der Waals surface area contributed by atoms with E-state index in [2.05, 4.69) is 10.7 Å². The molecule has 0 aliphatic heterocycles. The van der Waals surface area contributed by atoms with Gasteiger partial charge in [-0.05, 0) is 56.3 Å². The first-order chi connectivity index (χ1) is 9.11. The highest BCUT2D eigenvalue weighted by Crippen LogP contribution is 2.60. The summed E-state index contributed by atoms with van der Waals surface area (Å²) in [4.78, 5) is 23.5. The van der Waals surface area contributed by atoms with Crippen molar-refractivity contribution in [3.8, 4) is 0 Å². The molecule has 4 aliphatic carbocycles. The Kier molecular flexibility index (Phi) is 3.25. The molecule has 4 saturated carbocycles. The van der Waals surface area contributed by atoms with E-state index < -0.39 is 0 Å². The zero-order chi connectivity index (χ0) is 13.5. The predicted octanol–water partition coefficient (Wildman–Crippen LogP) is 0.699. The Labute approximate surface area is 113 Å². The van der Waals surface area contributed by atoms with E-state index in [9.17, 15) is 9.59 Å². The maximum absolute atomic E-state index is 12.5. The number of hydrazine groups is 1. The van der Waals surface area contributed by atoms with E-state index in [4.69, 9.17) is 5.84 Å². The van der Waals surface area contributed by atoms with E-state index in [0.717, 1.165) is 37.0 Å². The van der Waals surface area contributed by atoms with Crippen molar-refractivity contribution in [1.82, 2.24) is 10.7 Å². The highest BCUT2D eigenvalue weighted by atomic mass is 16.2. The number of nitrogens with one attached hydrogen (secondary N) is 2. The van der Waals surface area contributed by atoms with Crippen LogP contribution >= 0.6 is 0 Å². The van der Waals surface area contributed by atoms with Crippen LogP contribution in [0, 0.1) is 23.2 Å². The first-order valence-corrected chi connectivity index (χ1v) is 7.39. The van der Waals surface area contributed by atoms with E-state index in [1.165, 1.54) is 19.3 Å². The van der Waals surface area contributed by atoms with Gasteiger partial charge in [0.25, 0.3) is 0 Å². The van der Waals surface area contributed by atoms with Crippen molar-refractivity contribution in [2.24, 2.45) is 29.0 Å². The monoisotopic (exact) mass is 265 g/mol. The number of carbonyl (C=O) groups is 2. The minimum absolute atomic E-state index is 0.117. The Morgan fingerprint density at radius 2 is 1.58 bits per heavy atom. The number of nitrogens with two attached hydrogens (primary N) is 1. The maximum atomic E-state index is 12.5. The normalized spacial score (nSPS) is 39.1. The molecule has 4 N–H and O–H groups in total. The molecule has 4 bridgehead atoms. The van der Waals surface area contributed by atoms with Crippen molar-refractivity contribution in [1.29, 1.82) is 0 Å². The van der Waals surface area contributed by atoms with Gasteiger partial charge in [-0.3, -0.25) is 15.0 Å². The minimum atomic E-state index is -0.231. The highest BCUT2D eigenvalue weighted by Gasteiger charge is 2.54. The lowest BCUT2D eigenvalue weighted by molar-refractivity contribution is -0.146.